The summed E-state index contributed by atoms with van der Waals surface area (Å²) in [6, 6.07) is 8.12. The number of piperidine rings is 1. The Labute approximate surface area is 140 Å². The number of carbonyl (C=O) groups excluding carboxylic acids is 1. The molecule has 0 aliphatic carbocycles. The molecule has 1 aliphatic heterocycles. The van der Waals surface area contributed by atoms with Crippen molar-refractivity contribution in [2.24, 2.45) is 7.05 Å². The van der Waals surface area contributed by atoms with Crippen LogP contribution in [0.3, 0.4) is 0 Å². The van der Waals surface area contributed by atoms with Gasteiger partial charge in [-0.05, 0) is 30.5 Å². The molecule has 0 radical (unpaired) electrons. The molecule has 1 amide bonds. The number of hydrogen-bond donors (Lipinski definition) is 1. The number of benzene rings is 1. The van der Waals surface area contributed by atoms with E-state index in [0.29, 0.717) is 12.3 Å². The van der Waals surface area contributed by atoms with Gasteiger partial charge in [0.2, 0.25) is 5.91 Å². The molecule has 4 rings (SSSR count). The molecule has 0 bridgehead atoms. The maximum atomic E-state index is 12.6. The van der Waals surface area contributed by atoms with Crippen LogP contribution in [0.25, 0.3) is 10.9 Å². The van der Waals surface area contributed by atoms with Crippen LogP contribution in [-0.2, 0) is 18.3 Å². The topological polar surface area (TPSA) is 66.8 Å². The predicted octanol–water partition coefficient (Wildman–Crippen LogP) is 2.25. The molecule has 0 spiro atoms. The van der Waals surface area contributed by atoms with E-state index in [1.807, 2.05) is 41.0 Å². The Kier molecular flexibility index (Phi) is 3.80. The zero-order chi connectivity index (χ0) is 16.5. The first-order chi connectivity index (χ1) is 11.7. The van der Waals surface area contributed by atoms with Crippen LogP contribution in [0.1, 0.15) is 30.0 Å². The molecule has 1 saturated heterocycles. The molecule has 3 aromatic rings. The molecule has 1 aliphatic rings. The molecular weight excluding hydrogens is 302 g/mol. The van der Waals surface area contributed by atoms with Crippen molar-refractivity contribution < 1.29 is 4.79 Å². The highest BCUT2D eigenvalue weighted by atomic mass is 16.2. The average molecular weight is 323 g/mol. The number of rotatable bonds is 3. The van der Waals surface area contributed by atoms with Crippen molar-refractivity contribution in [1.82, 2.24) is 24.9 Å². The fourth-order valence-electron chi connectivity index (χ4n) is 3.59. The van der Waals surface area contributed by atoms with Gasteiger partial charge in [-0.15, -0.1) is 0 Å². The molecule has 1 fully saturated rings. The maximum Gasteiger partial charge on any atom is 0.226 e. The summed E-state index contributed by atoms with van der Waals surface area (Å²) in [4.78, 5) is 14.6. The lowest BCUT2D eigenvalue weighted by atomic mass is 9.93. The number of nitrogens with one attached hydrogen (secondary N) is 1. The van der Waals surface area contributed by atoms with Crippen molar-refractivity contribution in [2.45, 2.75) is 25.2 Å². The normalized spacial score (nSPS) is 16.0. The second-order valence-electron chi connectivity index (χ2n) is 6.50. The number of carbonyl (C=O) groups is 1. The Morgan fingerprint density at radius 2 is 2.12 bits per heavy atom. The fourth-order valence-corrected chi connectivity index (χ4v) is 3.59. The average Bonchev–Trinajstić information content (AvgIpc) is 3.23. The van der Waals surface area contributed by atoms with Gasteiger partial charge in [0, 0.05) is 43.3 Å². The van der Waals surface area contributed by atoms with Crippen LogP contribution in [0.15, 0.2) is 36.7 Å². The minimum absolute atomic E-state index is 0.206. The molecule has 0 atom stereocenters. The second-order valence-corrected chi connectivity index (χ2v) is 6.50. The Morgan fingerprint density at radius 1 is 1.29 bits per heavy atom. The quantitative estimate of drug-likeness (QED) is 0.804. The van der Waals surface area contributed by atoms with Crippen LogP contribution in [0.2, 0.25) is 0 Å². The van der Waals surface area contributed by atoms with Crippen LogP contribution in [0.4, 0.5) is 0 Å². The van der Waals surface area contributed by atoms with Crippen molar-refractivity contribution in [1.29, 1.82) is 0 Å². The van der Waals surface area contributed by atoms with Gasteiger partial charge in [0.05, 0.1) is 18.1 Å². The van der Waals surface area contributed by atoms with Gasteiger partial charge in [-0.2, -0.15) is 10.2 Å². The Balaban J connectivity index is 1.38. The predicted molar refractivity (Wildman–Crippen MR) is 91.6 cm³/mol. The van der Waals surface area contributed by atoms with Crippen LogP contribution in [-0.4, -0.2) is 43.9 Å². The van der Waals surface area contributed by atoms with Gasteiger partial charge in [-0.25, -0.2) is 0 Å². The monoisotopic (exact) mass is 323 g/mol. The summed E-state index contributed by atoms with van der Waals surface area (Å²) in [5.74, 6) is 0.709. The Hall–Kier alpha value is -2.63. The van der Waals surface area contributed by atoms with E-state index >= 15 is 0 Å². The fraction of sp³-hybridized carbons (Fsp3) is 0.389. The van der Waals surface area contributed by atoms with Crippen molar-refractivity contribution in [2.75, 3.05) is 13.1 Å². The number of hydrogen-bond acceptors (Lipinski definition) is 3. The molecule has 1 aromatic carbocycles. The Bertz CT molecular complexity index is 857. The lowest BCUT2D eigenvalue weighted by Crippen LogP contribution is -2.39. The van der Waals surface area contributed by atoms with Gasteiger partial charge in [0.25, 0.3) is 0 Å². The first-order valence-corrected chi connectivity index (χ1v) is 8.38. The third-order valence-corrected chi connectivity index (χ3v) is 4.99. The number of amides is 1. The van der Waals surface area contributed by atoms with Crippen LogP contribution >= 0.6 is 0 Å². The minimum atomic E-state index is 0.206. The smallest absolute Gasteiger partial charge is 0.226 e. The number of nitrogens with zero attached hydrogens (tertiary/aromatic N) is 4. The van der Waals surface area contributed by atoms with Crippen LogP contribution < -0.4 is 0 Å². The van der Waals surface area contributed by atoms with E-state index in [9.17, 15) is 4.79 Å². The van der Waals surface area contributed by atoms with Crippen LogP contribution in [0, 0.1) is 0 Å². The van der Waals surface area contributed by atoms with E-state index in [0.717, 1.165) is 42.4 Å². The summed E-state index contributed by atoms with van der Waals surface area (Å²) in [6.45, 7) is 1.64. The highest BCUT2D eigenvalue weighted by Crippen LogP contribution is 2.27. The number of aromatic amines is 1. The van der Waals surface area contributed by atoms with E-state index in [1.54, 1.807) is 6.20 Å². The molecule has 3 heterocycles. The lowest BCUT2D eigenvalue weighted by Gasteiger charge is -2.32. The summed E-state index contributed by atoms with van der Waals surface area (Å²) in [7, 11) is 1.98. The van der Waals surface area contributed by atoms with Gasteiger partial charge in [0.15, 0.2) is 0 Å². The van der Waals surface area contributed by atoms with Crippen LogP contribution in [0.5, 0.6) is 0 Å². The van der Waals surface area contributed by atoms with Gasteiger partial charge in [0.1, 0.15) is 0 Å². The van der Waals surface area contributed by atoms with Crippen molar-refractivity contribution in [3.05, 3.63) is 47.9 Å². The third kappa shape index (κ3) is 2.79. The first-order valence-electron chi connectivity index (χ1n) is 8.38. The van der Waals surface area contributed by atoms with Gasteiger partial charge < -0.3 is 4.90 Å². The van der Waals surface area contributed by atoms with E-state index in [1.165, 1.54) is 5.69 Å². The molecule has 124 valence electrons. The molecule has 1 N–H and O–H groups in total. The number of aryl methyl sites for hydroxylation is 1. The van der Waals surface area contributed by atoms with E-state index < -0.39 is 0 Å². The number of likely N-dealkylation sites (tertiary alicyclic amines) is 1. The highest BCUT2D eigenvalue weighted by molar-refractivity contribution is 5.82. The number of aromatic nitrogens is 4. The summed E-state index contributed by atoms with van der Waals surface area (Å²) in [6.07, 6.45) is 6.10. The van der Waals surface area contributed by atoms with Gasteiger partial charge in [-0.1, -0.05) is 12.1 Å². The minimum Gasteiger partial charge on any atom is -0.342 e. The summed E-state index contributed by atoms with van der Waals surface area (Å²) < 4.78 is 1.95. The number of H-pyrrole nitrogens is 1. The summed E-state index contributed by atoms with van der Waals surface area (Å²) in [5.41, 5.74) is 3.28. The summed E-state index contributed by atoms with van der Waals surface area (Å²) in [5, 5.41) is 12.3. The zero-order valence-corrected chi connectivity index (χ0v) is 13.8. The molecule has 0 saturated carbocycles. The van der Waals surface area contributed by atoms with E-state index in [-0.39, 0.29) is 5.91 Å². The van der Waals surface area contributed by atoms with E-state index in [2.05, 4.69) is 21.4 Å². The molecule has 6 nitrogen and oxygen atoms in total. The SMILES string of the molecule is Cn1nccc1C1CCN(C(=O)Cc2ccc3cn[nH]c3c2)CC1. The van der Waals surface area contributed by atoms with Gasteiger partial charge in [-0.3, -0.25) is 14.6 Å². The molecule has 6 heteroatoms. The van der Waals surface area contributed by atoms with Crippen molar-refractivity contribution >= 4 is 16.8 Å². The third-order valence-electron chi connectivity index (χ3n) is 4.99. The maximum absolute atomic E-state index is 12.6. The molecule has 24 heavy (non-hydrogen) atoms. The number of fused-ring (bicyclic) bond motifs is 1. The van der Waals surface area contributed by atoms with Gasteiger partial charge >= 0.3 is 0 Å². The summed E-state index contributed by atoms with van der Waals surface area (Å²) >= 11 is 0. The molecule has 2 aromatic heterocycles. The van der Waals surface area contributed by atoms with E-state index in [4.69, 9.17) is 0 Å². The second kappa shape index (κ2) is 6.11. The Morgan fingerprint density at radius 3 is 2.88 bits per heavy atom. The highest BCUT2D eigenvalue weighted by Gasteiger charge is 2.25. The molecule has 0 unspecified atom stereocenters. The standard InChI is InChI=1S/C18H21N5O/c1-22-17(4-7-20-22)14-5-8-23(9-6-14)18(24)11-13-2-3-15-12-19-21-16(15)10-13/h2-4,7,10,12,14H,5-6,8-9,11H2,1H3,(H,19,21). The van der Waals surface area contributed by atoms with Crippen molar-refractivity contribution in [3.8, 4) is 0 Å². The largest absolute Gasteiger partial charge is 0.342 e. The lowest BCUT2D eigenvalue weighted by molar-refractivity contribution is -0.131. The van der Waals surface area contributed by atoms with Crippen molar-refractivity contribution in [3.63, 3.8) is 0 Å². The molecular formula is C18H21N5O. The zero-order valence-electron chi connectivity index (χ0n) is 13.8. The first kappa shape index (κ1) is 14.9.